The van der Waals surface area contributed by atoms with E-state index in [0.717, 1.165) is 17.4 Å². The first-order valence-electron chi connectivity index (χ1n) is 7.09. The molecule has 2 nitrogen and oxygen atoms in total. The summed E-state index contributed by atoms with van der Waals surface area (Å²) in [5.74, 6) is -0.183. The molecule has 0 saturated carbocycles. The molecule has 1 aliphatic rings. The Hall–Kier alpha value is -0.750. The molecule has 0 spiro atoms. The standard InChI is InChI=1S/C16H18BrFN2S/c1-10-12-5-7-21-16(12)4-6-20(10)15(9-19)13-8-11(17)2-3-14(13)18/h2-3,5,7-8,10,15H,4,6,9,19H2,1H3. The van der Waals surface area contributed by atoms with Crippen LogP contribution in [0.3, 0.4) is 0 Å². The van der Waals surface area contributed by atoms with Gasteiger partial charge >= 0.3 is 0 Å². The number of fused-ring (bicyclic) bond motifs is 1. The van der Waals surface area contributed by atoms with Crippen LogP contribution in [0.15, 0.2) is 34.1 Å². The highest BCUT2D eigenvalue weighted by Gasteiger charge is 2.31. The molecule has 0 aliphatic carbocycles. The number of halogens is 2. The van der Waals surface area contributed by atoms with Crippen LogP contribution in [0.25, 0.3) is 0 Å². The third kappa shape index (κ3) is 2.80. The molecular weight excluding hydrogens is 351 g/mol. The highest BCUT2D eigenvalue weighted by atomic mass is 79.9. The maximum Gasteiger partial charge on any atom is 0.128 e. The van der Waals surface area contributed by atoms with Gasteiger partial charge in [0, 0.05) is 34.0 Å². The van der Waals surface area contributed by atoms with Gasteiger partial charge < -0.3 is 5.73 Å². The van der Waals surface area contributed by atoms with E-state index in [9.17, 15) is 4.39 Å². The number of benzene rings is 1. The van der Waals surface area contributed by atoms with Crippen LogP contribution in [0.2, 0.25) is 0 Å². The quantitative estimate of drug-likeness (QED) is 0.876. The van der Waals surface area contributed by atoms with Crippen LogP contribution < -0.4 is 5.73 Å². The SMILES string of the molecule is CC1c2ccsc2CCN1C(CN)c1cc(Br)ccc1F. The highest BCUT2D eigenvalue weighted by Crippen LogP contribution is 2.38. The Morgan fingerprint density at radius 2 is 2.29 bits per heavy atom. The molecule has 2 aromatic rings. The molecule has 112 valence electrons. The van der Waals surface area contributed by atoms with Gasteiger partial charge in [-0.05, 0) is 48.6 Å². The van der Waals surface area contributed by atoms with Crippen LogP contribution in [0.1, 0.15) is 35.0 Å². The van der Waals surface area contributed by atoms with Crippen molar-refractivity contribution in [3.05, 3.63) is 55.9 Å². The van der Waals surface area contributed by atoms with E-state index in [4.69, 9.17) is 5.73 Å². The first-order chi connectivity index (χ1) is 10.1. The molecule has 0 radical (unpaired) electrons. The molecular formula is C16H18BrFN2S. The Labute approximate surface area is 136 Å². The van der Waals surface area contributed by atoms with E-state index in [1.54, 1.807) is 6.07 Å². The predicted octanol–water partition coefficient (Wildman–Crippen LogP) is 4.27. The van der Waals surface area contributed by atoms with Gasteiger partial charge in [0.2, 0.25) is 0 Å². The zero-order valence-corrected chi connectivity index (χ0v) is 14.3. The molecule has 0 bridgehead atoms. The molecule has 2 heterocycles. The summed E-state index contributed by atoms with van der Waals surface area (Å²) in [4.78, 5) is 3.77. The second kappa shape index (κ2) is 6.16. The average Bonchev–Trinajstić information content (AvgIpc) is 2.95. The van der Waals surface area contributed by atoms with Crippen molar-refractivity contribution in [2.75, 3.05) is 13.1 Å². The van der Waals surface area contributed by atoms with Gasteiger partial charge in [-0.15, -0.1) is 11.3 Å². The van der Waals surface area contributed by atoms with Crippen molar-refractivity contribution in [3.63, 3.8) is 0 Å². The summed E-state index contributed by atoms with van der Waals surface area (Å²) in [5.41, 5.74) is 8.03. The smallest absolute Gasteiger partial charge is 0.128 e. The van der Waals surface area contributed by atoms with Crippen molar-refractivity contribution in [3.8, 4) is 0 Å². The monoisotopic (exact) mass is 368 g/mol. The van der Waals surface area contributed by atoms with Gasteiger partial charge in [0.25, 0.3) is 0 Å². The van der Waals surface area contributed by atoms with E-state index >= 15 is 0 Å². The molecule has 2 atom stereocenters. The number of hydrogen-bond donors (Lipinski definition) is 1. The second-order valence-electron chi connectivity index (χ2n) is 5.38. The normalized spacial score (nSPS) is 20.3. The lowest BCUT2D eigenvalue weighted by Gasteiger charge is -2.39. The summed E-state index contributed by atoms with van der Waals surface area (Å²) in [6.45, 7) is 3.52. The summed E-state index contributed by atoms with van der Waals surface area (Å²) < 4.78 is 15.1. The summed E-state index contributed by atoms with van der Waals surface area (Å²) in [5, 5.41) is 2.14. The summed E-state index contributed by atoms with van der Waals surface area (Å²) in [6, 6.07) is 7.44. The molecule has 1 aromatic carbocycles. The molecule has 2 N–H and O–H groups in total. The Kier molecular flexibility index (Phi) is 4.45. The second-order valence-corrected chi connectivity index (χ2v) is 7.30. The number of rotatable bonds is 3. The van der Waals surface area contributed by atoms with Gasteiger partial charge in [-0.3, -0.25) is 4.90 Å². The van der Waals surface area contributed by atoms with E-state index in [0.29, 0.717) is 12.1 Å². The van der Waals surface area contributed by atoms with Crippen LogP contribution in [-0.4, -0.2) is 18.0 Å². The molecule has 3 rings (SSSR count). The fraction of sp³-hybridized carbons (Fsp3) is 0.375. The highest BCUT2D eigenvalue weighted by molar-refractivity contribution is 9.10. The molecule has 0 fully saturated rings. The zero-order chi connectivity index (χ0) is 15.0. The van der Waals surface area contributed by atoms with E-state index < -0.39 is 0 Å². The lowest BCUT2D eigenvalue weighted by Crippen LogP contribution is -2.40. The van der Waals surface area contributed by atoms with Gasteiger partial charge in [0.1, 0.15) is 5.82 Å². The number of nitrogens with two attached hydrogens (primary N) is 1. The van der Waals surface area contributed by atoms with Crippen LogP contribution in [-0.2, 0) is 6.42 Å². The Morgan fingerprint density at radius 1 is 1.48 bits per heavy atom. The van der Waals surface area contributed by atoms with E-state index in [2.05, 4.69) is 39.2 Å². The van der Waals surface area contributed by atoms with Crippen LogP contribution in [0.4, 0.5) is 4.39 Å². The molecule has 0 amide bonds. The molecule has 21 heavy (non-hydrogen) atoms. The lowest BCUT2D eigenvalue weighted by atomic mass is 9.96. The van der Waals surface area contributed by atoms with Crippen molar-refractivity contribution in [2.24, 2.45) is 5.73 Å². The Morgan fingerprint density at radius 3 is 3.05 bits per heavy atom. The first-order valence-corrected chi connectivity index (χ1v) is 8.76. The third-order valence-corrected chi connectivity index (χ3v) is 5.75. The summed E-state index contributed by atoms with van der Waals surface area (Å²) in [7, 11) is 0. The average molecular weight is 369 g/mol. The molecule has 0 saturated heterocycles. The summed E-state index contributed by atoms with van der Waals surface area (Å²) in [6.07, 6.45) is 1.02. The fourth-order valence-electron chi connectivity index (χ4n) is 3.17. The van der Waals surface area contributed by atoms with Crippen LogP contribution in [0.5, 0.6) is 0 Å². The number of thiophene rings is 1. The van der Waals surface area contributed by atoms with E-state index in [1.165, 1.54) is 16.5 Å². The Balaban J connectivity index is 1.96. The largest absolute Gasteiger partial charge is 0.329 e. The topological polar surface area (TPSA) is 29.3 Å². The molecule has 2 unspecified atom stereocenters. The maximum absolute atomic E-state index is 14.2. The van der Waals surface area contributed by atoms with Crippen molar-refractivity contribution < 1.29 is 4.39 Å². The minimum Gasteiger partial charge on any atom is -0.329 e. The first kappa shape index (κ1) is 15.2. The minimum atomic E-state index is -0.183. The van der Waals surface area contributed by atoms with Crippen molar-refractivity contribution >= 4 is 27.3 Å². The van der Waals surface area contributed by atoms with Gasteiger partial charge in [-0.1, -0.05) is 15.9 Å². The Bertz CT molecular complexity index is 643. The maximum atomic E-state index is 14.2. The summed E-state index contributed by atoms with van der Waals surface area (Å²) >= 11 is 5.24. The van der Waals surface area contributed by atoms with Crippen LogP contribution in [0, 0.1) is 5.82 Å². The van der Waals surface area contributed by atoms with Gasteiger partial charge in [0.15, 0.2) is 0 Å². The van der Waals surface area contributed by atoms with E-state index in [1.807, 2.05) is 17.4 Å². The third-order valence-electron chi connectivity index (χ3n) is 4.27. The number of hydrogen-bond acceptors (Lipinski definition) is 3. The van der Waals surface area contributed by atoms with Crippen molar-refractivity contribution in [1.29, 1.82) is 0 Å². The van der Waals surface area contributed by atoms with Crippen LogP contribution >= 0.6 is 27.3 Å². The molecule has 1 aliphatic heterocycles. The molecule has 5 heteroatoms. The van der Waals surface area contributed by atoms with Gasteiger partial charge in [-0.2, -0.15) is 0 Å². The van der Waals surface area contributed by atoms with Gasteiger partial charge in [0.05, 0.1) is 6.04 Å². The van der Waals surface area contributed by atoms with Crippen molar-refractivity contribution in [1.82, 2.24) is 4.90 Å². The zero-order valence-electron chi connectivity index (χ0n) is 11.9. The fourth-order valence-corrected chi connectivity index (χ4v) is 4.51. The van der Waals surface area contributed by atoms with Crippen molar-refractivity contribution in [2.45, 2.75) is 25.4 Å². The molecule has 1 aromatic heterocycles. The lowest BCUT2D eigenvalue weighted by molar-refractivity contribution is 0.136. The number of nitrogens with zero attached hydrogens (tertiary/aromatic N) is 1. The van der Waals surface area contributed by atoms with E-state index in [-0.39, 0.29) is 17.9 Å². The predicted molar refractivity (Wildman–Crippen MR) is 89.0 cm³/mol. The van der Waals surface area contributed by atoms with Gasteiger partial charge in [-0.25, -0.2) is 4.39 Å². The minimum absolute atomic E-state index is 0.0921.